The number of amides is 1. The summed E-state index contributed by atoms with van der Waals surface area (Å²) in [6, 6.07) is 3.60. The molecule has 0 spiro atoms. The van der Waals surface area contributed by atoms with E-state index in [9.17, 15) is 4.79 Å². The van der Waals surface area contributed by atoms with Crippen LogP contribution < -0.4 is 5.32 Å². The number of carbonyl (C=O) groups is 1. The molecule has 6 heteroatoms. The average Bonchev–Trinajstić information content (AvgIpc) is 2.95. The maximum absolute atomic E-state index is 12.6. The number of nitrogens with zero attached hydrogens (tertiary/aromatic N) is 4. The van der Waals surface area contributed by atoms with E-state index in [0.717, 1.165) is 18.9 Å². The number of fused-ring (bicyclic) bond motifs is 1. The van der Waals surface area contributed by atoms with Gasteiger partial charge in [0.15, 0.2) is 0 Å². The van der Waals surface area contributed by atoms with Crippen molar-refractivity contribution in [3.63, 3.8) is 0 Å². The van der Waals surface area contributed by atoms with Gasteiger partial charge in [0.2, 0.25) is 0 Å². The fourth-order valence-electron chi connectivity index (χ4n) is 2.40. The number of hydrogen-bond acceptors (Lipinski definition) is 4. The summed E-state index contributed by atoms with van der Waals surface area (Å²) >= 11 is 0. The number of hydrogen-bond donors (Lipinski definition) is 1. The first-order chi connectivity index (χ1) is 9.79. The summed E-state index contributed by atoms with van der Waals surface area (Å²) in [7, 11) is 0. The molecule has 1 N–H and O–H groups in total. The van der Waals surface area contributed by atoms with Gasteiger partial charge in [-0.1, -0.05) is 0 Å². The van der Waals surface area contributed by atoms with E-state index in [4.69, 9.17) is 0 Å². The molecule has 0 unspecified atom stereocenters. The highest BCUT2D eigenvalue weighted by atomic mass is 16.2. The molecule has 1 aliphatic heterocycles. The summed E-state index contributed by atoms with van der Waals surface area (Å²) in [6.45, 7) is 4.76. The predicted molar refractivity (Wildman–Crippen MR) is 75.4 cm³/mol. The Bertz CT molecular complexity index is 622. The van der Waals surface area contributed by atoms with Gasteiger partial charge in [0, 0.05) is 38.2 Å². The van der Waals surface area contributed by atoms with Crippen molar-refractivity contribution >= 4 is 11.7 Å². The van der Waals surface area contributed by atoms with Gasteiger partial charge in [0.25, 0.3) is 5.91 Å². The molecule has 104 valence electrons. The van der Waals surface area contributed by atoms with E-state index in [2.05, 4.69) is 19.9 Å². The molecule has 3 rings (SSSR count). The lowest BCUT2D eigenvalue weighted by molar-refractivity contribution is 0.0708. The van der Waals surface area contributed by atoms with Crippen LogP contribution in [0.5, 0.6) is 0 Å². The van der Waals surface area contributed by atoms with Crippen molar-refractivity contribution < 1.29 is 4.79 Å². The second-order valence-electron chi connectivity index (χ2n) is 4.69. The zero-order chi connectivity index (χ0) is 13.9. The van der Waals surface area contributed by atoms with Crippen LogP contribution in [0.1, 0.15) is 23.1 Å². The number of pyridine rings is 1. The number of imidazole rings is 1. The third-order valence-corrected chi connectivity index (χ3v) is 3.41. The van der Waals surface area contributed by atoms with Gasteiger partial charge in [0.1, 0.15) is 11.6 Å². The lowest BCUT2D eigenvalue weighted by Gasteiger charge is -2.28. The zero-order valence-corrected chi connectivity index (χ0v) is 11.4. The number of carbonyl (C=O) groups excluding carboxylic acids is 1. The van der Waals surface area contributed by atoms with E-state index in [-0.39, 0.29) is 5.91 Å². The standard InChI is InChI=1S/C14H17N5O/c1-2-15-13-11(4-3-5-17-13)14(20)19-9-8-18-7-6-16-12(18)10-19/h3-7H,2,8-10H2,1H3,(H,15,17). The molecule has 0 aromatic carbocycles. The smallest absolute Gasteiger partial charge is 0.258 e. The van der Waals surface area contributed by atoms with Gasteiger partial charge in [-0.2, -0.15) is 0 Å². The van der Waals surface area contributed by atoms with Crippen molar-refractivity contribution in [2.24, 2.45) is 0 Å². The topological polar surface area (TPSA) is 63.1 Å². The average molecular weight is 271 g/mol. The van der Waals surface area contributed by atoms with Crippen LogP contribution in [0.15, 0.2) is 30.7 Å². The summed E-state index contributed by atoms with van der Waals surface area (Å²) in [5, 5.41) is 3.13. The fourth-order valence-corrected chi connectivity index (χ4v) is 2.40. The lowest BCUT2D eigenvalue weighted by atomic mass is 10.2. The van der Waals surface area contributed by atoms with E-state index < -0.39 is 0 Å². The van der Waals surface area contributed by atoms with E-state index in [1.54, 1.807) is 18.5 Å². The van der Waals surface area contributed by atoms with Crippen molar-refractivity contribution in [2.45, 2.75) is 20.0 Å². The third-order valence-electron chi connectivity index (χ3n) is 3.41. The Morgan fingerprint density at radius 3 is 3.10 bits per heavy atom. The first-order valence-electron chi connectivity index (χ1n) is 6.77. The Balaban J connectivity index is 1.83. The maximum atomic E-state index is 12.6. The molecule has 0 radical (unpaired) electrons. The molecule has 2 aromatic rings. The van der Waals surface area contributed by atoms with Crippen LogP contribution in [0, 0.1) is 0 Å². The molecule has 0 saturated heterocycles. The Morgan fingerprint density at radius 1 is 1.35 bits per heavy atom. The van der Waals surface area contributed by atoms with Crippen LogP contribution in [-0.4, -0.2) is 38.4 Å². The minimum Gasteiger partial charge on any atom is -0.370 e. The van der Waals surface area contributed by atoms with Gasteiger partial charge in [0.05, 0.1) is 12.1 Å². The van der Waals surface area contributed by atoms with Gasteiger partial charge in [-0.15, -0.1) is 0 Å². The largest absolute Gasteiger partial charge is 0.370 e. The first kappa shape index (κ1) is 12.7. The van der Waals surface area contributed by atoms with Gasteiger partial charge < -0.3 is 14.8 Å². The Labute approximate surface area is 117 Å². The molecule has 6 nitrogen and oxygen atoms in total. The normalized spacial score (nSPS) is 13.9. The van der Waals surface area contributed by atoms with Crippen LogP contribution in [0.25, 0.3) is 0 Å². The van der Waals surface area contributed by atoms with E-state index in [0.29, 0.717) is 24.5 Å². The Morgan fingerprint density at radius 2 is 2.25 bits per heavy atom. The summed E-state index contributed by atoms with van der Waals surface area (Å²) in [5.74, 6) is 1.58. The molecular weight excluding hydrogens is 254 g/mol. The molecule has 0 saturated carbocycles. The predicted octanol–water partition coefficient (Wildman–Crippen LogP) is 1.37. The highest BCUT2D eigenvalue weighted by Gasteiger charge is 2.24. The van der Waals surface area contributed by atoms with Crippen molar-refractivity contribution in [2.75, 3.05) is 18.4 Å². The van der Waals surface area contributed by atoms with Crippen LogP contribution in [0.4, 0.5) is 5.82 Å². The molecule has 0 atom stereocenters. The van der Waals surface area contributed by atoms with E-state index in [1.807, 2.05) is 24.1 Å². The molecular formula is C14H17N5O. The fraction of sp³-hybridized carbons (Fsp3) is 0.357. The van der Waals surface area contributed by atoms with Gasteiger partial charge in [-0.05, 0) is 19.1 Å². The van der Waals surface area contributed by atoms with Crippen molar-refractivity contribution in [3.8, 4) is 0 Å². The van der Waals surface area contributed by atoms with Gasteiger partial charge in [-0.25, -0.2) is 9.97 Å². The van der Waals surface area contributed by atoms with Crippen molar-refractivity contribution in [1.29, 1.82) is 0 Å². The van der Waals surface area contributed by atoms with Gasteiger partial charge in [-0.3, -0.25) is 4.79 Å². The molecule has 3 heterocycles. The first-order valence-corrected chi connectivity index (χ1v) is 6.77. The number of aromatic nitrogens is 3. The van der Waals surface area contributed by atoms with Gasteiger partial charge >= 0.3 is 0 Å². The Hall–Kier alpha value is -2.37. The second-order valence-corrected chi connectivity index (χ2v) is 4.69. The molecule has 20 heavy (non-hydrogen) atoms. The SMILES string of the molecule is CCNc1ncccc1C(=O)N1CCn2ccnc2C1. The Kier molecular flexibility index (Phi) is 3.37. The molecule has 0 fully saturated rings. The quantitative estimate of drug-likeness (QED) is 0.915. The number of anilines is 1. The molecule has 0 aliphatic carbocycles. The van der Waals surface area contributed by atoms with E-state index in [1.165, 1.54) is 0 Å². The minimum absolute atomic E-state index is 0.00306. The summed E-state index contributed by atoms with van der Waals surface area (Å²) < 4.78 is 2.08. The molecule has 0 bridgehead atoms. The third kappa shape index (κ3) is 2.24. The number of rotatable bonds is 3. The van der Waals surface area contributed by atoms with Crippen LogP contribution >= 0.6 is 0 Å². The van der Waals surface area contributed by atoms with E-state index >= 15 is 0 Å². The van der Waals surface area contributed by atoms with Crippen LogP contribution in [0.2, 0.25) is 0 Å². The summed E-state index contributed by atoms with van der Waals surface area (Å²) in [5.41, 5.74) is 0.620. The molecule has 1 amide bonds. The minimum atomic E-state index is 0.00306. The highest BCUT2D eigenvalue weighted by Crippen LogP contribution is 2.18. The van der Waals surface area contributed by atoms with Crippen molar-refractivity contribution in [1.82, 2.24) is 19.4 Å². The summed E-state index contributed by atoms with van der Waals surface area (Å²) in [4.78, 5) is 23.0. The van der Waals surface area contributed by atoms with Crippen LogP contribution in [-0.2, 0) is 13.1 Å². The summed E-state index contributed by atoms with van der Waals surface area (Å²) in [6.07, 6.45) is 5.42. The number of nitrogens with one attached hydrogen (secondary N) is 1. The lowest BCUT2D eigenvalue weighted by Crippen LogP contribution is -2.38. The monoisotopic (exact) mass is 271 g/mol. The van der Waals surface area contributed by atoms with Crippen LogP contribution in [0.3, 0.4) is 0 Å². The second kappa shape index (κ2) is 5.32. The highest BCUT2D eigenvalue weighted by molar-refractivity contribution is 5.98. The molecule has 1 aliphatic rings. The zero-order valence-electron chi connectivity index (χ0n) is 11.4. The van der Waals surface area contributed by atoms with Crippen molar-refractivity contribution in [3.05, 3.63) is 42.1 Å². The molecule has 2 aromatic heterocycles. The maximum Gasteiger partial charge on any atom is 0.258 e.